The summed E-state index contributed by atoms with van der Waals surface area (Å²) in [6.45, 7) is 0.528. The molecule has 2 atom stereocenters. The third-order valence-electron chi connectivity index (χ3n) is 3.58. The highest BCUT2D eigenvalue weighted by Gasteiger charge is 2.37. The Balaban J connectivity index is 1.59. The molecule has 0 saturated heterocycles. The molecule has 1 saturated carbocycles. The molecular formula is C16H15ClFN. The molecular weight excluding hydrogens is 261 g/mol. The molecule has 2 aromatic carbocycles. The van der Waals surface area contributed by atoms with Gasteiger partial charge < -0.3 is 5.32 Å². The van der Waals surface area contributed by atoms with Gasteiger partial charge in [0.1, 0.15) is 5.82 Å². The van der Waals surface area contributed by atoms with Crippen molar-refractivity contribution >= 4 is 11.6 Å². The third-order valence-corrected chi connectivity index (χ3v) is 3.82. The van der Waals surface area contributed by atoms with Crippen molar-refractivity contribution in [2.75, 3.05) is 0 Å². The molecule has 1 aliphatic carbocycles. The largest absolute Gasteiger partial charge is 0.309 e. The summed E-state index contributed by atoms with van der Waals surface area (Å²) in [5, 5.41) is 3.97. The Morgan fingerprint density at radius 3 is 2.74 bits per heavy atom. The van der Waals surface area contributed by atoms with Gasteiger partial charge in [0.15, 0.2) is 0 Å². The predicted octanol–water partition coefficient (Wildman–Crippen LogP) is 4.12. The van der Waals surface area contributed by atoms with Crippen LogP contribution in [0.4, 0.5) is 4.39 Å². The van der Waals surface area contributed by atoms with Crippen molar-refractivity contribution in [1.82, 2.24) is 5.32 Å². The van der Waals surface area contributed by atoms with Crippen LogP contribution in [-0.2, 0) is 6.54 Å². The number of benzene rings is 2. The second kappa shape index (κ2) is 5.32. The van der Waals surface area contributed by atoms with Crippen molar-refractivity contribution in [2.24, 2.45) is 0 Å². The van der Waals surface area contributed by atoms with Gasteiger partial charge in [0.25, 0.3) is 0 Å². The molecule has 0 aromatic heterocycles. The van der Waals surface area contributed by atoms with Crippen molar-refractivity contribution in [1.29, 1.82) is 0 Å². The molecule has 2 aromatic rings. The first-order valence-corrected chi connectivity index (χ1v) is 6.84. The van der Waals surface area contributed by atoms with Crippen molar-refractivity contribution in [3.8, 4) is 0 Å². The Kier molecular flexibility index (Phi) is 3.54. The first kappa shape index (κ1) is 12.6. The average Bonchev–Trinajstić information content (AvgIpc) is 3.20. The minimum atomic E-state index is -0.200. The number of hydrogen-bond donors (Lipinski definition) is 1. The highest BCUT2D eigenvalue weighted by atomic mass is 35.5. The average molecular weight is 276 g/mol. The van der Waals surface area contributed by atoms with E-state index in [1.165, 1.54) is 11.6 Å². The second-order valence-electron chi connectivity index (χ2n) is 4.98. The zero-order chi connectivity index (χ0) is 13.2. The second-order valence-corrected chi connectivity index (χ2v) is 5.41. The van der Waals surface area contributed by atoms with Crippen LogP contribution in [0, 0.1) is 5.82 Å². The lowest BCUT2D eigenvalue weighted by molar-refractivity contribution is 0.584. The van der Waals surface area contributed by atoms with Crippen LogP contribution in [0.2, 0.25) is 5.02 Å². The van der Waals surface area contributed by atoms with Gasteiger partial charge >= 0.3 is 0 Å². The predicted molar refractivity (Wildman–Crippen MR) is 75.8 cm³/mol. The van der Waals surface area contributed by atoms with Crippen LogP contribution in [-0.4, -0.2) is 6.04 Å². The topological polar surface area (TPSA) is 12.0 Å². The number of rotatable bonds is 4. The number of hydrogen-bond acceptors (Lipinski definition) is 1. The molecule has 0 spiro atoms. The van der Waals surface area contributed by atoms with E-state index in [-0.39, 0.29) is 5.82 Å². The Morgan fingerprint density at radius 1 is 1.16 bits per heavy atom. The molecule has 1 N–H and O–H groups in total. The normalized spacial score (nSPS) is 21.4. The molecule has 0 amide bonds. The minimum absolute atomic E-state index is 0.200. The van der Waals surface area contributed by atoms with Gasteiger partial charge in [-0.3, -0.25) is 0 Å². The standard InChI is InChI=1S/C16H15ClFN/c17-13-6-7-15(18)12(8-13)10-19-16-9-14(16)11-4-2-1-3-5-11/h1-8,14,16,19H,9-10H2. The molecule has 3 rings (SSSR count). The highest BCUT2D eigenvalue weighted by molar-refractivity contribution is 6.30. The Hall–Kier alpha value is -1.38. The molecule has 1 fully saturated rings. The molecule has 3 heteroatoms. The summed E-state index contributed by atoms with van der Waals surface area (Å²) in [5.41, 5.74) is 1.98. The third kappa shape index (κ3) is 2.96. The van der Waals surface area contributed by atoms with Gasteiger partial charge in [0.2, 0.25) is 0 Å². The van der Waals surface area contributed by atoms with E-state index >= 15 is 0 Å². The zero-order valence-electron chi connectivity index (χ0n) is 10.4. The number of nitrogens with one attached hydrogen (secondary N) is 1. The van der Waals surface area contributed by atoms with Crippen LogP contribution in [0.25, 0.3) is 0 Å². The smallest absolute Gasteiger partial charge is 0.127 e. The van der Waals surface area contributed by atoms with Crippen molar-refractivity contribution in [3.63, 3.8) is 0 Å². The lowest BCUT2D eigenvalue weighted by atomic mass is 10.1. The van der Waals surface area contributed by atoms with Crippen LogP contribution >= 0.6 is 11.6 Å². The molecule has 0 heterocycles. The molecule has 98 valence electrons. The van der Waals surface area contributed by atoms with Gasteiger partial charge in [-0.2, -0.15) is 0 Å². The maximum atomic E-state index is 13.6. The quantitative estimate of drug-likeness (QED) is 0.885. The fraction of sp³-hybridized carbons (Fsp3) is 0.250. The Labute approximate surface area is 117 Å². The Morgan fingerprint density at radius 2 is 1.95 bits per heavy atom. The van der Waals surface area contributed by atoms with Gasteiger partial charge in [0, 0.05) is 29.1 Å². The summed E-state index contributed by atoms with van der Waals surface area (Å²) in [6, 6.07) is 15.5. The van der Waals surface area contributed by atoms with Crippen LogP contribution in [0.3, 0.4) is 0 Å². The Bertz CT molecular complexity index is 570. The molecule has 2 unspecified atom stereocenters. The van der Waals surface area contributed by atoms with E-state index in [4.69, 9.17) is 11.6 Å². The minimum Gasteiger partial charge on any atom is -0.309 e. The van der Waals surface area contributed by atoms with Crippen LogP contribution < -0.4 is 5.32 Å². The van der Waals surface area contributed by atoms with E-state index < -0.39 is 0 Å². The van der Waals surface area contributed by atoms with Gasteiger partial charge in [0.05, 0.1) is 0 Å². The molecule has 19 heavy (non-hydrogen) atoms. The van der Waals surface area contributed by atoms with Crippen molar-refractivity contribution < 1.29 is 4.39 Å². The van der Waals surface area contributed by atoms with E-state index in [1.807, 2.05) is 6.07 Å². The first-order valence-electron chi connectivity index (χ1n) is 6.46. The van der Waals surface area contributed by atoms with Gasteiger partial charge in [-0.1, -0.05) is 41.9 Å². The van der Waals surface area contributed by atoms with Gasteiger partial charge in [-0.15, -0.1) is 0 Å². The van der Waals surface area contributed by atoms with Gasteiger partial charge in [-0.25, -0.2) is 4.39 Å². The molecule has 0 radical (unpaired) electrons. The maximum Gasteiger partial charge on any atom is 0.127 e. The molecule has 0 bridgehead atoms. The van der Waals surface area contributed by atoms with Crippen LogP contribution in [0.15, 0.2) is 48.5 Å². The van der Waals surface area contributed by atoms with Crippen molar-refractivity contribution in [2.45, 2.75) is 24.9 Å². The molecule has 1 nitrogen and oxygen atoms in total. The lowest BCUT2D eigenvalue weighted by Crippen LogP contribution is -2.18. The van der Waals surface area contributed by atoms with Crippen LogP contribution in [0.1, 0.15) is 23.5 Å². The lowest BCUT2D eigenvalue weighted by Gasteiger charge is -2.06. The summed E-state index contributed by atoms with van der Waals surface area (Å²) in [5.74, 6) is 0.359. The summed E-state index contributed by atoms with van der Waals surface area (Å²) in [6.07, 6.45) is 1.12. The van der Waals surface area contributed by atoms with E-state index in [9.17, 15) is 4.39 Å². The van der Waals surface area contributed by atoms with Crippen LogP contribution in [0.5, 0.6) is 0 Å². The fourth-order valence-corrected chi connectivity index (χ4v) is 2.60. The van der Waals surface area contributed by atoms with Gasteiger partial charge in [-0.05, 0) is 30.2 Å². The maximum absolute atomic E-state index is 13.6. The van der Waals surface area contributed by atoms with E-state index in [0.717, 1.165) is 6.42 Å². The zero-order valence-corrected chi connectivity index (χ0v) is 11.2. The molecule has 1 aliphatic rings. The highest BCUT2D eigenvalue weighted by Crippen LogP contribution is 2.40. The van der Waals surface area contributed by atoms with Crippen molar-refractivity contribution in [3.05, 3.63) is 70.5 Å². The SMILES string of the molecule is Fc1ccc(Cl)cc1CNC1CC1c1ccccc1. The van der Waals surface area contributed by atoms with E-state index in [2.05, 4.69) is 29.6 Å². The summed E-state index contributed by atoms with van der Waals surface area (Å²) < 4.78 is 13.6. The monoisotopic (exact) mass is 275 g/mol. The molecule has 0 aliphatic heterocycles. The summed E-state index contributed by atoms with van der Waals surface area (Å²) >= 11 is 5.88. The first-order chi connectivity index (χ1) is 9.24. The fourth-order valence-electron chi connectivity index (χ4n) is 2.41. The number of halogens is 2. The summed E-state index contributed by atoms with van der Waals surface area (Å²) in [4.78, 5) is 0. The van der Waals surface area contributed by atoms with E-state index in [0.29, 0.717) is 29.1 Å². The van der Waals surface area contributed by atoms with E-state index in [1.54, 1.807) is 12.1 Å². The summed E-state index contributed by atoms with van der Waals surface area (Å²) in [7, 11) is 0.